The van der Waals surface area contributed by atoms with E-state index in [0.29, 0.717) is 18.5 Å². The first-order chi connectivity index (χ1) is 11.6. The summed E-state index contributed by atoms with van der Waals surface area (Å²) in [4.78, 5) is 23.7. The Kier molecular flexibility index (Phi) is 6.49. The van der Waals surface area contributed by atoms with E-state index in [2.05, 4.69) is 5.32 Å². The number of benzene rings is 2. The maximum Gasteiger partial charge on any atom is 0.220 e. The Labute approximate surface area is 140 Å². The van der Waals surface area contributed by atoms with Crippen LogP contribution in [0.15, 0.2) is 48.5 Å². The number of ether oxygens (including phenoxy) is 1. The lowest BCUT2D eigenvalue weighted by Crippen LogP contribution is -2.22. The first kappa shape index (κ1) is 17.7. The molecule has 24 heavy (non-hydrogen) atoms. The number of hydrogen-bond donors (Lipinski definition) is 1. The fraction of sp³-hybridized carbons (Fsp3) is 0.263. The highest BCUT2D eigenvalue weighted by Crippen LogP contribution is 2.11. The second kappa shape index (κ2) is 8.82. The molecule has 0 aliphatic heterocycles. The van der Waals surface area contributed by atoms with Crippen LogP contribution in [-0.2, 0) is 11.3 Å². The summed E-state index contributed by atoms with van der Waals surface area (Å²) in [5.41, 5.74) is 1.45. The zero-order valence-electron chi connectivity index (χ0n) is 13.5. The number of nitrogens with one attached hydrogen (secondary N) is 1. The molecule has 0 aromatic heterocycles. The molecule has 0 atom stereocenters. The number of hydrogen-bond acceptors (Lipinski definition) is 3. The zero-order valence-corrected chi connectivity index (χ0v) is 13.5. The fourth-order valence-electron chi connectivity index (χ4n) is 2.22. The Hall–Kier alpha value is -2.69. The summed E-state index contributed by atoms with van der Waals surface area (Å²) < 4.78 is 17.9. The largest absolute Gasteiger partial charge is 0.497 e. The number of methoxy groups -OCH3 is 1. The average Bonchev–Trinajstić information content (AvgIpc) is 2.61. The number of carbonyl (C=O) groups excluding carboxylic acids is 2. The van der Waals surface area contributed by atoms with Crippen molar-refractivity contribution >= 4 is 11.7 Å². The number of halogens is 1. The lowest BCUT2D eigenvalue weighted by Gasteiger charge is -2.06. The van der Waals surface area contributed by atoms with Gasteiger partial charge in [-0.25, -0.2) is 4.39 Å². The standard InChI is InChI=1S/C19H20FNO3/c1-24-17-11-5-14(6-12-17)13-21-19(23)4-2-3-18(22)15-7-9-16(20)10-8-15/h5-12H,2-4,13H2,1H3,(H,21,23). The van der Waals surface area contributed by atoms with E-state index in [1.807, 2.05) is 24.3 Å². The third kappa shape index (κ3) is 5.50. The Morgan fingerprint density at radius 2 is 1.67 bits per heavy atom. The minimum absolute atomic E-state index is 0.0852. The molecule has 0 saturated heterocycles. The van der Waals surface area contributed by atoms with Crippen LogP contribution in [0.5, 0.6) is 5.75 Å². The lowest BCUT2D eigenvalue weighted by atomic mass is 10.1. The Morgan fingerprint density at radius 3 is 2.29 bits per heavy atom. The van der Waals surface area contributed by atoms with Crippen molar-refractivity contribution < 1.29 is 18.7 Å². The van der Waals surface area contributed by atoms with Crippen LogP contribution >= 0.6 is 0 Å². The molecule has 2 aromatic carbocycles. The summed E-state index contributed by atoms with van der Waals surface area (Å²) in [5, 5.41) is 2.82. The van der Waals surface area contributed by atoms with Gasteiger partial charge in [0.2, 0.25) is 5.91 Å². The molecule has 0 fully saturated rings. The predicted molar refractivity (Wildman–Crippen MR) is 89.4 cm³/mol. The van der Waals surface area contributed by atoms with E-state index < -0.39 is 0 Å². The van der Waals surface area contributed by atoms with Gasteiger partial charge in [0.25, 0.3) is 0 Å². The number of rotatable bonds is 8. The molecule has 0 saturated carbocycles. The van der Waals surface area contributed by atoms with Gasteiger partial charge in [-0.3, -0.25) is 9.59 Å². The molecule has 5 heteroatoms. The number of amides is 1. The average molecular weight is 329 g/mol. The highest BCUT2D eigenvalue weighted by molar-refractivity contribution is 5.96. The quantitative estimate of drug-likeness (QED) is 0.754. The van der Waals surface area contributed by atoms with Crippen molar-refractivity contribution in [3.8, 4) is 5.75 Å². The van der Waals surface area contributed by atoms with Gasteiger partial charge in [-0.15, -0.1) is 0 Å². The number of carbonyl (C=O) groups is 2. The normalized spacial score (nSPS) is 10.2. The van der Waals surface area contributed by atoms with Gasteiger partial charge in [0, 0.05) is 24.9 Å². The molecule has 2 aromatic rings. The Morgan fingerprint density at radius 1 is 1.00 bits per heavy atom. The van der Waals surface area contributed by atoms with Gasteiger partial charge in [0.15, 0.2) is 5.78 Å². The maximum absolute atomic E-state index is 12.8. The number of ketones is 1. The van der Waals surface area contributed by atoms with Crippen LogP contribution in [0.1, 0.15) is 35.2 Å². The van der Waals surface area contributed by atoms with Crippen molar-refractivity contribution in [1.29, 1.82) is 0 Å². The highest BCUT2D eigenvalue weighted by Gasteiger charge is 2.08. The summed E-state index contributed by atoms with van der Waals surface area (Å²) in [6.45, 7) is 0.439. The maximum atomic E-state index is 12.8. The summed E-state index contributed by atoms with van der Waals surface area (Å²) >= 11 is 0. The summed E-state index contributed by atoms with van der Waals surface area (Å²) in [5.74, 6) is 0.213. The molecule has 0 bridgehead atoms. The third-order valence-corrected chi connectivity index (χ3v) is 3.62. The van der Waals surface area contributed by atoms with Crippen molar-refractivity contribution in [2.75, 3.05) is 7.11 Å². The van der Waals surface area contributed by atoms with E-state index in [4.69, 9.17) is 4.74 Å². The molecule has 0 aliphatic carbocycles. The summed E-state index contributed by atoms with van der Waals surface area (Å²) in [6, 6.07) is 12.9. The molecule has 0 spiro atoms. The Bertz CT molecular complexity index is 681. The van der Waals surface area contributed by atoms with E-state index in [1.54, 1.807) is 7.11 Å². The van der Waals surface area contributed by atoms with Gasteiger partial charge in [0.1, 0.15) is 11.6 Å². The number of Topliss-reactive ketones (excluding diaryl/α,β-unsaturated/α-hetero) is 1. The predicted octanol–water partition coefficient (Wildman–Crippen LogP) is 3.50. The van der Waals surface area contributed by atoms with Crippen LogP contribution in [0.3, 0.4) is 0 Å². The first-order valence-corrected chi connectivity index (χ1v) is 7.77. The van der Waals surface area contributed by atoms with Gasteiger partial charge >= 0.3 is 0 Å². The molecule has 1 N–H and O–H groups in total. The monoisotopic (exact) mass is 329 g/mol. The van der Waals surface area contributed by atoms with E-state index >= 15 is 0 Å². The highest BCUT2D eigenvalue weighted by atomic mass is 19.1. The van der Waals surface area contributed by atoms with Crippen molar-refractivity contribution in [1.82, 2.24) is 5.32 Å². The van der Waals surface area contributed by atoms with Gasteiger partial charge in [-0.1, -0.05) is 12.1 Å². The molecule has 2 rings (SSSR count). The molecule has 4 nitrogen and oxygen atoms in total. The molecule has 126 valence electrons. The van der Waals surface area contributed by atoms with Gasteiger partial charge in [-0.2, -0.15) is 0 Å². The van der Waals surface area contributed by atoms with Crippen LogP contribution in [-0.4, -0.2) is 18.8 Å². The summed E-state index contributed by atoms with van der Waals surface area (Å²) in [7, 11) is 1.60. The van der Waals surface area contributed by atoms with Gasteiger partial charge < -0.3 is 10.1 Å². The van der Waals surface area contributed by atoms with E-state index in [9.17, 15) is 14.0 Å². The summed E-state index contributed by atoms with van der Waals surface area (Å²) in [6.07, 6.45) is 1.01. The minimum Gasteiger partial charge on any atom is -0.497 e. The smallest absolute Gasteiger partial charge is 0.220 e. The minimum atomic E-state index is -0.371. The first-order valence-electron chi connectivity index (χ1n) is 7.77. The molecular weight excluding hydrogens is 309 g/mol. The van der Waals surface area contributed by atoms with Crippen molar-refractivity contribution in [3.05, 3.63) is 65.5 Å². The third-order valence-electron chi connectivity index (χ3n) is 3.62. The van der Waals surface area contributed by atoms with Gasteiger partial charge in [0.05, 0.1) is 7.11 Å². The van der Waals surface area contributed by atoms with Gasteiger partial charge in [-0.05, 0) is 48.4 Å². The fourth-order valence-corrected chi connectivity index (χ4v) is 2.22. The van der Waals surface area contributed by atoms with Crippen LogP contribution in [0, 0.1) is 5.82 Å². The molecule has 1 amide bonds. The molecule has 0 radical (unpaired) electrons. The van der Waals surface area contributed by atoms with Crippen molar-refractivity contribution in [2.45, 2.75) is 25.8 Å². The molecule has 0 unspecified atom stereocenters. The van der Waals surface area contributed by atoms with Crippen LogP contribution in [0.2, 0.25) is 0 Å². The van der Waals surface area contributed by atoms with Crippen LogP contribution in [0.4, 0.5) is 4.39 Å². The Balaban J connectivity index is 1.69. The van der Waals surface area contributed by atoms with Crippen LogP contribution < -0.4 is 10.1 Å². The topological polar surface area (TPSA) is 55.4 Å². The van der Waals surface area contributed by atoms with E-state index in [-0.39, 0.29) is 30.3 Å². The second-order valence-electron chi connectivity index (χ2n) is 5.41. The van der Waals surface area contributed by atoms with E-state index in [1.165, 1.54) is 24.3 Å². The zero-order chi connectivity index (χ0) is 17.4. The SMILES string of the molecule is COc1ccc(CNC(=O)CCCC(=O)c2ccc(F)cc2)cc1. The molecule has 0 heterocycles. The second-order valence-corrected chi connectivity index (χ2v) is 5.41. The van der Waals surface area contributed by atoms with Crippen molar-refractivity contribution in [2.24, 2.45) is 0 Å². The van der Waals surface area contributed by atoms with Crippen LogP contribution in [0.25, 0.3) is 0 Å². The van der Waals surface area contributed by atoms with Crippen molar-refractivity contribution in [3.63, 3.8) is 0 Å². The molecular formula is C19H20FNO3. The lowest BCUT2D eigenvalue weighted by molar-refractivity contribution is -0.121. The van der Waals surface area contributed by atoms with E-state index in [0.717, 1.165) is 11.3 Å². The molecule has 0 aliphatic rings.